The second-order valence-corrected chi connectivity index (χ2v) is 4.95. The minimum absolute atomic E-state index is 0.0451. The van der Waals surface area contributed by atoms with Gasteiger partial charge in [0.25, 0.3) is 0 Å². The molecule has 0 spiro atoms. The summed E-state index contributed by atoms with van der Waals surface area (Å²) < 4.78 is 16.3. The van der Waals surface area contributed by atoms with Crippen molar-refractivity contribution in [2.24, 2.45) is 5.41 Å². The molecule has 3 atom stereocenters. The lowest BCUT2D eigenvalue weighted by Gasteiger charge is -2.33. The van der Waals surface area contributed by atoms with Crippen LogP contribution in [0.15, 0.2) is 0 Å². The molecule has 4 heteroatoms. The molecule has 16 heavy (non-hydrogen) atoms. The third-order valence-corrected chi connectivity index (χ3v) is 3.20. The third kappa shape index (κ3) is 3.19. The van der Waals surface area contributed by atoms with Gasteiger partial charge in [0, 0.05) is 0 Å². The summed E-state index contributed by atoms with van der Waals surface area (Å²) in [4.78, 5) is 11.8. The number of esters is 1. The Balaban J connectivity index is 2.47. The predicted molar refractivity (Wildman–Crippen MR) is 59.9 cm³/mol. The second-order valence-electron chi connectivity index (χ2n) is 4.95. The molecule has 3 unspecified atom stereocenters. The first-order valence-corrected chi connectivity index (χ1v) is 5.85. The molecule has 1 aliphatic heterocycles. The van der Waals surface area contributed by atoms with Crippen molar-refractivity contribution in [2.75, 3.05) is 6.61 Å². The van der Waals surface area contributed by atoms with E-state index >= 15 is 0 Å². The number of carbonyl (C=O) groups is 1. The van der Waals surface area contributed by atoms with Gasteiger partial charge in [-0.1, -0.05) is 6.92 Å². The Bertz CT molecular complexity index is 249. The molecule has 1 fully saturated rings. The number of ether oxygens (including phenoxy) is 3. The van der Waals surface area contributed by atoms with Crippen LogP contribution in [0, 0.1) is 5.41 Å². The zero-order valence-electron chi connectivity index (χ0n) is 10.8. The molecule has 94 valence electrons. The zero-order chi connectivity index (χ0) is 12.3. The number of hydrogen-bond donors (Lipinski definition) is 0. The SMILES string of the molecule is CCC(C)(C)C(=O)OC1COC(C)C(C)O1. The van der Waals surface area contributed by atoms with E-state index < -0.39 is 11.7 Å². The molecule has 0 aliphatic carbocycles. The van der Waals surface area contributed by atoms with Crippen LogP contribution in [-0.2, 0) is 19.0 Å². The van der Waals surface area contributed by atoms with Crippen molar-refractivity contribution < 1.29 is 19.0 Å². The molecule has 1 saturated heterocycles. The number of rotatable bonds is 3. The summed E-state index contributed by atoms with van der Waals surface area (Å²) >= 11 is 0. The van der Waals surface area contributed by atoms with E-state index in [0.29, 0.717) is 6.61 Å². The summed E-state index contributed by atoms with van der Waals surface area (Å²) in [6.45, 7) is 9.87. The van der Waals surface area contributed by atoms with Gasteiger partial charge in [0.05, 0.1) is 17.6 Å². The molecule has 0 aromatic carbocycles. The van der Waals surface area contributed by atoms with Crippen LogP contribution in [0.2, 0.25) is 0 Å². The topological polar surface area (TPSA) is 44.8 Å². The highest BCUT2D eigenvalue weighted by atomic mass is 16.7. The lowest BCUT2D eigenvalue weighted by molar-refractivity contribution is -0.256. The van der Waals surface area contributed by atoms with Gasteiger partial charge in [-0.05, 0) is 34.1 Å². The Hall–Kier alpha value is -0.610. The normalized spacial score (nSPS) is 31.2. The summed E-state index contributed by atoms with van der Waals surface area (Å²) in [5.74, 6) is -0.231. The molecule has 0 radical (unpaired) electrons. The van der Waals surface area contributed by atoms with Crippen LogP contribution in [0.1, 0.15) is 41.0 Å². The van der Waals surface area contributed by atoms with Crippen molar-refractivity contribution >= 4 is 5.97 Å². The fraction of sp³-hybridized carbons (Fsp3) is 0.917. The molecular formula is C12H22O4. The average Bonchev–Trinajstić information content (AvgIpc) is 2.23. The van der Waals surface area contributed by atoms with E-state index in [1.807, 2.05) is 34.6 Å². The molecule has 0 bridgehead atoms. The summed E-state index contributed by atoms with van der Waals surface area (Å²) in [5, 5.41) is 0. The van der Waals surface area contributed by atoms with Gasteiger partial charge in [-0.2, -0.15) is 0 Å². The van der Waals surface area contributed by atoms with E-state index in [9.17, 15) is 4.79 Å². The Labute approximate surface area is 97.2 Å². The Morgan fingerprint density at radius 2 is 2.00 bits per heavy atom. The molecular weight excluding hydrogens is 208 g/mol. The minimum atomic E-state index is -0.565. The summed E-state index contributed by atoms with van der Waals surface area (Å²) in [6, 6.07) is 0. The highest BCUT2D eigenvalue weighted by molar-refractivity contribution is 5.75. The highest BCUT2D eigenvalue weighted by Gasteiger charge is 2.33. The maximum absolute atomic E-state index is 11.8. The Morgan fingerprint density at radius 1 is 1.38 bits per heavy atom. The fourth-order valence-corrected chi connectivity index (χ4v) is 1.24. The van der Waals surface area contributed by atoms with E-state index in [-0.39, 0.29) is 18.2 Å². The monoisotopic (exact) mass is 230 g/mol. The number of hydrogen-bond acceptors (Lipinski definition) is 4. The molecule has 0 aromatic rings. The Morgan fingerprint density at radius 3 is 2.50 bits per heavy atom. The van der Waals surface area contributed by atoms with E-state index in [1.165, 1.54) is 0 Å². The van der Waals surface area contributed by atoms with E-state index in [1.54, 1.807) is 0 Å². The van der Waals surface area contributed by atoms with Gasteiger partial charge in [0.2, 0.25) is 6.29 Å². The van der Waals surface area contributed by atoms with Crippen LogP contribution in [-0.4, -0.2) is 31.1 Å². The van der Waals surface area contributed by atoms with Crippen molar-refractivity contribution in [1.82, 2.24) is 0 Å². The summed E-state index contributed by atoms with van der Waals surface area (Å²) in [6.07, 6.45) is 0.181. The number of carbonyl (C=O) groups excluding carboxylic acids is 1. The molecule has 0 N–H and O–H groups in total. The van der Waals surface area contributed by atoms with Crippen molar-refractivity contribution in [2.45, 2.75) is 59.5 Å². The molecule has 0 aromatic heterocycles. The van der Waals surface area contributed by atoms with Gasteiger partial charge in [-0.25, -0.2) is 0 Å². The van der Waals surface area contributed by atoms with Gasteiger partial charge < -0.3 is 14.2 Å². The van der Waals surface area contributed by atoms with Gasteiger partial charge >= 0.3 is 5.97 Å². The van der Waals surface area contributed by atoms with E-state index in [4.69, 9.17) is 14.2 Å². The first-order valence-electron chi connectivity index (χ1n) is 5.85. The fourth-order valence-electron chi connectivity index (χ4n) is 1.24. The second kappa shape index (κ2) is 5.15. The first-order chi connectivity index (χ1) is 7.36. The van der Waals surface area contributed by atoms with Gasteiger partial charge in [-0.3, -0.25) is 4.79 Å². The molecule has 4 nitrogen and oxygen atoms in total. The summed E-state index contributed by atoms with van der Waals surface area (Å²) in [7, 11) is 0. The first kappa shape index (κ1) is 13.5. The molecule has 0 amide bonds. The molecule has 1 heterocycles. The van der Waals surface area contributed by atoms with Gasteiger partial charge in [-0.15, -0.1) is 0 Å². The third-order valence-electron chi connectivity index (χ3n) is 3.20. The van der Waals surface area contributed by atoms with Crippen LogP contribution in [0.5, 0.6) is 0 Å². The molecule has 0 saturated carbocycles. The maximum atomic E-state index is 11.8. The smallest absolute Gasteiger partial charge is 0.313 e. The molecule has 1 rings (SSSR count). The van der Waals surface area contributed by atoms with Crippen molar-refractivity contribution in [1.29, 1.82) is 0 Å². The lowest BCUT2D eigenvalue weighted by Crippen LogP contribution is -2.44. The molecule has 1 aliphatic rings. The quantitative estimate of drug-likeness (QED) is 0.697. The zero-order valence-corrected chi connectivity index (χ0v) is 10.8. The lowest BCUT2D eigenvalue weighted by atomic mass is 9.91. The largest absolute Gasteiger partial charge is 0.433 e. The van der Waals surface area contributed by atoms with Crippen molar-refractivity contribution in [3.63, 3.8) is 0 Å². The van der Waals surface area contributed by atoms with Crippen LogP contribution in [0.4, 0.5) is 0 Å². The van der Waals surface area contributed by atoms with Crippen LogP contribution < -0.4 is 0 Å². The average molecular weight is 230 g/mol. The van der Waals surface area contributed by atoms with Crippen LogP contribution >= 0.6 is 0 Å². The predicted octanol–water partition coefficient (Wildman–Crippen LogP) is 2.12. The highest BCUT2D eigenvalue weighted by Crippen LogP contribution is 2.24. The van der Waals surface area contributed by atoms with Crippen molar-refractivity contribution in [3.05, 3.63) is 0 Å². The van der Waals surface area contributed by atoms with Crippen LogP contribution in [0.3, 0.4) is 0 Å². The Kier molecular flexibility index (Phi) is 4.33. The minimum Gasteiger partial charge on any atom is -0.433 e. The van der Waals surface area contributed by atoms with Crippen molar-refractivity contribution in [3.8, 4) is 0 Å². The maximum Gasteiger partial charge on any atom is 0.313 e. The van der Waals surface area contributed by atoms with Crippen LogP contribution in [0.25, 0.3) is 0 Å². The van der Waals surface area contributed by atoms with E-state index in [0.717, 1.165) is 6.42 Å². The van der Waals surface area contributed by atoms with Gasteiger partial charge in [0.1, 0.15) is 6.61 Å². The van der Waals surface area contributed by atoms with Gasteiger partial charge in [0.15, 0.2) is 0 Å². The standard InChI is InChI=1S/C12H22O4/c1-6-12(4,5)11(13)16-10-7-14-8(2)9(3)15-10/h8-10H,6-7H2,1-5H3. The van der Waals surface area contributed by atoms with E-state index in [2.05, 4.69) is 0 Å². The summed E-state index contributed by atoms with van der Waals surface area (Å²) in [5.41, 5.74) is -0.463.